The Hall–Kier alpha value is -2.26. The van der Waals surface area contributed by atoms with Gasteiger partial charge in [-0.2, -0.15) is 4.31 Å². The Morgan fingerprint density at radius 3 is 2.31 bits per heavy atom. The number of sulfonamides is 1. The van der Waals surface area contributed by atoms with Crippen LogP contribution in [0.1, 0.15) is 31.9 Å². The molecule has 0 aliphatic carbocycles. The number of ether oxygens (including phenoxy) is 1. The summed E-state index contributed by atoms with van der Waals surface area (Å²) >= 11 is 0. The minimum absolute atomic E-state index is 0.133. The topological polar surface area (TPSA) is 79.0 Å². The Morgan fingerprint density at radius 2 is 1.72 bits per heavy atom. The number of aryl methyl sites for hydroxylation is 1. The van der Waals surface area contributed by atoms with E-state index in [0.717, 1.165) is 6.54 Å². The SMILES string of the molecule is CCN(CC(=O)Nc1ccc(S(=O)(=O)N2CC(C)OC(C)C2)cc1)Cc1ccccc1C. The molecule has 1 N–H and O–H groups in total. The number of benzene rings is 2. The number of nitrogens with one attached hydrogen (secondary N) is 1. The molecule has 174 valence electrons. The fourth-order valence-corrected chi connectivity index (χ4v) is 5.49. The van der Waals surface area contributed by atoms with Crippen molar-refractivity contribution >= 4 is 21.6 Å². The highest BCUT2D eigenvalue weighted by Gasteiger charge is 2.32. The molecule has 2 aromatic rings. The number of carbonyl (C=O) groups excluding carboxylic acids is 1. The van der Waals surface area contributed by atoms with Crippen molar-refractivity contribution in [1.82, 2.24) is 9.21 Å². The second kappa shape index (κ2) is 10.6. The van der Waals surface area contributed by atoms with Crippen LogP contribution < -0.4 is 5.32 Å². The maximum atomic E-state index is 13.0. The summed E-state index contributed by atoms with van der Waals surface area (Å²) in [5.74, 6) is -0.133. The third-order valence-electron chi connectivity index (χ3n) is 5.63. The molecule has 0 aromatic heterocycles. The zero-order valence-corrected chi connectivity index (χ0v) is 20.1. The molecule has 32 heavy (non-hydrogen) atoms. The van der Waals surface area contributed by atoms with E-state index in [1.54, 1.807) is 24.3 Å². The van der Waals surface area contributed by atoms with E-state index in [1.807, 2.05) is 32.9 Å². The quantitative estimate of drug-likeness (QED) is 0.656. The van der Waals surface area contributed by atoms with E-state index >= 15 is 0 Å². The van der Waals surface area contributed by atoms with Crippen LogP contribution in [-0.4, -0.2) is 61.9 Å². The average Bonchev–Trinajstić information content (AvgIpc) is 2.74. The van der Waals surface area contributed by atoms with Gasteiger partial charge in [0.2, 0.25) is 15.9 Å². The van der Waals surface area contributed by atoms with Crippen molar-refractivity contribution in [3.05, 3.63) is 59.7 Å². The van der Waals surface area contributed by atoms with E-state index in [4.69, 9.17) is 4.74 Å². The van der Waals surface area contributed by atoms with E-state index in [-0.39, 0.29) is 29.6 Å². The number of hydrogen-bond acceptors (Lipinski definition) is 5. The fraction of sp³-hybridized carbons (Fsp3) is 0.458. The van der Waals surface area contributed by atoms with Crippen molar-refractivity contribution in [3.63, 3.8) is 0 Å². The summed E-state index contributed by atoms with van der Waals surface area (Å²) in [6.45, 7) is 10.2. The Balaban J connectivity index is 1.61. The van der Waals surface area contributed by atoms with Gasteiger partial charge in [-0.1, -0.05) is 31.2 Å². The summed E-state index contributed by atoms with van der Waals surface area (Å²) in [6, 6.07) is 14.5. The highest BCUT2D eigenvalue weighted by molar-refractivity contribution is 7.89. The summed E-state index contributed by atoms with van der Waals surface area (Å²) in [7, 11) is -3.60. The smallest absolute Gasteiger partial charge is 0.243 e. The molecule has 8 heteroatoms. The molecule has 3 rings (SSSR count). The maximum absolute atomic E-state index is 13.0. The minimum atomic E-state index is -3.60. The van der Waals surface area contributed by atoms with Gasteiger partial charge in [0.05, 0.1) is 23.6 Å². The molecule has 2 aromatic carbocycles. The van der Waals surface area contributed by atoms with Crippen molar-refractivity contribution in [3.8, 4) is 0 Å². The molecule has 0 radical (unpaired) electrons. The zero-order valence-electron chi connectivity index (χ0n) is 19.2. The zero-order chi connectivity index (χ0) is 23.3. The molecular weight excluding hydrogens is 426 g/mol. The Labute approximate surface area is 191 Å². The number of hydrogen-bond donors (Lipinski definition) is 1. The lowest BCUT2D eigenvalue weighted by Crippen LogP contribution is -2.48. The van der Waals surface area contributed by atoms with Crippen molar-refractivity contribution in [1.29, 1.82) is 0 Å². The van der Waals surface area contributed by atoms with Gasteiger partial charge in [-0.3, -0.25) is 9.69 Å². The van der Waals surface area contributed by atoms with Crippen LogP contribution in [-0.2, 0) is 26.1 Å². The minimum Gasteiger partial charge on any atom is -0.373 e. The summed E-state index contributed by atoms with van der Waals surface area (Å²) in [5.41, 5.74) is 2.97. The van der Waals surface area contributed by atoms with Crippen LogP contribution in [0.5, 0.6) is 0 Å². The van der Waals surface area contributed by atoms with E-state index in [2.05, 4.69) is 29.3 Å². The van der Waals surface area contributed by atoms with Gasteiger partial charge in [-0.15, -0.1) is 0 Å². The number of amides is 1. The largest absolute Gasteiger partial charge is 0.373 e. The first-order valence-corrected chi connectivity index (χ1v) is 12.5. The Bertz CT molecular complexity index is 1010. The van der Waals surface area contributed by atoms with Crippen LogP contribution >= 0.6 is 0 Å². The van der Waals surface area contributed by atoms with Gasteiger partial charge in [0.1, 0.15) is 0 Å². The van der Waals surface area contributed by atoms with Crippen LogP contribution in [0.15, 0.2) is 53.4 Å². The first-order valence-electron chi connectivity index (χ1n) is 11.0. The fourth-order valence-electron chi connectivity index (χ4n) is 3.90. The highest BCUT2D eigenvalue weighted by Crippen LogP contribution is 2.22. The van der Waals surface area contributed by atoms with Gasteiger partial charge < -0.3 is 10.1 Å². The standard InChI is InChI=1S/C24H33N3O4S/c1-5-26(16-21-9-7-6-8-18(21)2)17-24(28)25-22-10-12-23(13-11-22)32(29,30)27-14-19(3)31-20(4)15-27/h6-13,19-20H,5,14-17H2,1-4H3,(H,25,28). The maximum Gasteiger partial charge on any atom is 0.243 e. The van der Waals surface area contributed by atoms with E-state index in [1.165, 1.54) is 15.4 Å². The molecule has 0 bridgehead atoms. The van der Waals surface area contributed by atoms with Crippen LogP contribution in [0.4, 0.5) is 5.69 Å². The van der Waals surface area contributed by atoms with Crippen molar-refractivity contribution in [2.45, 2.75) is 51.3 Å². The predicted octanol–water partition coefficient (Wildman–Crippen LogP) is 3.25. The summed E-state index contributed by atoms with van der Waals surface area (Å²) in [6.07, 6.45) is -0.290. The van der Waals surface area contributed by atoms with Crippen LogP contribution in [0.3, 0.4) is 0 Å². The van der Waals surface area contributed by atoms with E-state index < -0.39 is 10.0 Å². The van der Waals surface area contributed by atoms with Gasteiger partial charge in [0.15, 0.2) is 0 Å². The molecule has 2 atom stereocenters. The molecule has 1 heterocycles. The van der Waals surface area contributed by atoms with E-state index in [0.29, 0.717) is 25.3 Å². The van der Waals surface area contributed by atoms with Crippen molar-refractivity contribution in [2.75, 3.05) is 31.5 Å². The second-order valence-electron chi connectivity index (χ2n) is 8.38. The summed E-state index contributed by atoms with van der Waals surface area (Å²) in [5, 5.41) is 2.87. The van der Waals surface area contributed by atoms with Gasteiger partial charge in [0.25, 0.3) is 0 Å². The lowest BCUT2D eigenvalue weighted by Gasteiger charge is -2.34. The van der Waals surface area contributed by atoms with Crippen LogP contribution in [0.2, 0.25) is 0 Å². The Morgan fingerprint density at radius 1 is 1.09 bits per heavy atom. The average molecular weight is 460 g/mol. The molecule has 2 unspecified atom stereocenters. The van der Waals surface area contributed by atoms with Gasteiger partial charge in [0, 0.05) is 25.3 Å². The Kier molecular flexibility index (Phi) is 8.05. The van der Waals surface area contributed by atoms with Crippen molar-refractivity contribution < 1.29 is 17.9 Å². The molecule has 1 amide bonds. The number of rotatable bonds is 8. The number of likely N-dealkylation sites (N-methyl/N-ethyl adjacent to an activating group) is 1. The molecule has 1 fully saturated rings. The first kappa shape index (κ1) is 24.4. The highest BCUT2D eigenvalue weighted by atomic mass is 32.2. The first-order chi connectivity index (χ1) is 15.2. The second-order valence-corrected chi connectivity index (χ2v) is 10.3. The number of carbonyl (C=O) groups is 1. The molecule has 1 aliphatic heterocycles. The monoisotopic (exact) mass is 459 g/mol. The van der Waals surface area contributed by atoms with Crippen LogP contribution in [0.25, 0.3) is 0 Å². The van der Waals surface area contributed by atoms with E-state index in [9.17, 15) is 13.2 Å². The van der Waals surface area contributed by atoms with Crippen LogP contribution in [0, 0.1) is 6.92 Å². The van der Waals surface area contributed by atoms with Gasteiger partial charge in [-0.25, -0.2) is 8.42 Å². The van der Waals surface area contributed by atoms with Crippen molar-refractivity contribution in [2.24, 2.45) is 0 Å². The molecule has 1 aliphatic rings. The lowest BCUT2D eigenvalue weighted by atomic mass is 10.1. The molecule has 1 saturated heterocycles. The summed E-state index contributed by atoms with van der Waals surface area (Å²) < 4.78 is 33.0. The third-order valence-corrected chi connectivity index (χ3v) is 7.48. The number of nitrogens with zero attached hydrogens (tertiary/aromatic N) is 2. The predicted molar refractivity (Wildman–Crippen MR) is 126 cm³/mol. The van der Waals surface area contributed by atoms with Gasteiger partial charge in [-0.05, 0) is 62.7 Å². The van der Waals surface area contributed by atoms with Gasteiger partial charge >= 0.3 is 0 Å². The molecule has 0 spiro atoms. The molecule has 0 saturated carbocycles. The third kappa shape index (κ3) is 6.16. The normalized spacial score (nSPS) is 19.8. The molecule has 7 nitrogen and oxygen atoms in total. The lowest BCUT2D eigenvalue weighted by molar-refractivity contribution is -0.117. The number of morpholine rings is 1. The number of anilines is 1. The molecular formula is C24H33N3O4S. The summed E-state index contributed by atoms with van der Waals surface area (Å²) in [4.78, 5) is 14.8.